The standard InChI is InChI=1S/C32H25ClN6O/c1-19-15-16-22(18-25(19)33)34-30-32-36-31-28(20(2)37-39(31)23-10-4-3-5-11-23)29(21-9-8-12-24(40)17-21)38(32)27-14-7-6-13-26(27)35-30/h3-18,29,40H,1-2H3,(H,34,35)/t29-/m0/s1. The number of halogens is 1. The van der Waals surface area contributed by atoms with Gasteiger partial charge in [0.15, 0.2) is 17.5 Å². The molecule has 0 saturated heterocycles. The summed E-state index contributed by atoms with van der Waals surface area (Å²) < 4.78 is 1.88. The monoisotopic (exact) mass is 544 g/mol. The van der Waals surface area contributed by atoms with Crippen molar-refractivity contribution in [3.63, 3.8) is 0 Å². The summed E-state index contributed by atoms with van der Waals surface area (Å²) in [6.07, 6.45) is 0. The fourth-order valence-corrected chi connectivity index (χ4v) is 5.55. The summed E-state index contributed by atoms with van der Waals surface area (Å²) in [5.41, 5.74) is 7.18. The molecule has 1 aromatic heterocycles. The molecule has 2 aliphatic rings. The molecule has 0 radical (unpaired) electrons. The van der Waals surface area contributed by atoms with Crippen LogP contribution in [0.15, 0.2) is 107 Å². The molecule has 3 heterocycles. The van der Waals surface area contributed by atoms with E-state index in [4.69, 9.17) is 26.7 Å². The van der Waals surface area contributed by atoms with E-state index in [0.717, 1.165) is 51.0 Å². The van der Waals surface area contributed by atoms with Gasteiger partial charge in [0.2, 0.25) is 0 Å². The van der Waals surface area contributed by atoms with Crippen LogP contribution in [-0.2, 0) is 0 Å². The zero-order valence-electron chi connectivity index (χ0n) is 21.9. The molecule has 7 rings (SSSR count). The number of rotatable bonds is 3. The van der Waals surface area contributed by atoms with E-state index >= 15 is 0 Å². The van der Waals surface area contributed by atoms with E-state index in [0.29, 0.717) is 16.7 Å². The Morgan fingerprint density at radius 1 is 0.850 bits per heavy atom. The molecular formula is C32H25ClN6O. The number of anilines is 2. The molecule has 0 saturated carbocycles. The van der Waals surface area contributed by atoms with Crippen molar-refractivity contribution in [1.29, 1.82) is 0 Å². The van der Waals surface area contributed by atoms with Crippen molar-refractivity contribution in [2.24, 2.45) is 9.98 Å². The van der Waals surface area contributed by atoms with Crippen LogP contribution in [0.5, 0.6) is 5.75 Å². The highest BCUT2D eigenvalue weighted by atomic mass is 35.5. The molecule has 0 bridgehead atoms. The molecular weight excluding hydrogens is 520 g/mol. The van der Waals surface area contributed by atoms with Gasteiger partial charge in [0.1, 0.15) is 5.75 Å². The number of aliphatic imine (C=N–C) groups is 2. The number of phenolic OH excluding ortho intramolecular Hbond substituents is 1. The fourth-order valence-electron chi connectivity index (χ4n) is 5.36. The van der Waals surface area contributed by atoms with Gasteiger partial charge in [-0.2, -0.15) is 5.10 Å². The Hall–Kier alpha value is -4.88. The van der Waals surface area contributed by atoms with E-state index in [1.165, 1.54) is 0 Å². The van der Waals surface area contributed by atoms with Crippen molar-refractivity contribution in [2.45, 2.75) is 19.9 Å². The third-order valence-corrected chi connectivity index (χ3v) is 7.67. The van der Waals surface area contributed by atoms with Crippen molar-refractivity contribution in [1.82, 2.24) is 9.78 Å². The number of fused-ring (bicyclic) bond motifs is 4. The van der Waals surface area contributed by atoms with Gasteiger partial charge in [-0.3, -0.25) is 0 Å². The highest BCUT2D eigenvalue weighted by molar-refractivity contribution is 6.51. The predicted octanol–water partition coefficient (Wildman–Crippen LogP) is 7.64. The first-order valence-electron chi connectivity index (χ1n) is 13.0. The summed E-state index contributed by atoms with van der Waals surface area (Å²) >= 11 is 6.47. The topological polar surface area (TPSA) is 78.0 Å². The van der Waals surface area contributed by atoms with Gasteiger partial charge >= 0.3 is 0 Å². The van der Waals surface area contributed by atoms with Gasteiger partial charge in [0.25, 0.3) is 0 Å². The Bertz CT molecular complexity index is 1840. The van der Waals surface area contributed by atoms with Crippen molar-refractivity contribution >= 4 is 46.2 Å². The minimum atomic E-state index is -0.317. The lowest BCUT2D eigenvalue weighted by atomic mass is 9.93. The number of benzene rings is 4. The number of aromatic nitrogens is 2. The third kappa shape index (κ3) is 3.94. The number of nitrogens with one attached hydrogen (secondary N) is 1. The second-order valence-corrected chi connectivity index (χ2v) is 10.3. The molecule has 2 N–H and O–H groups in total. The summed E-state index contributed by atoms with van der Waals surface area (Å²) in [4.78, 5) is 12.4. The summed E-state index contributed by atoms with van der Waals surface area (Å²) in [5.74, 6) is 2.16. The predicted molar refractivity (Wildman–Crippen MR) is 161 cm³/mol. The Balaban J connectivity index is 1.50. The van der Waals surface area contributed by atoms with Gasteiger partial charge in [-0.05, 0) is 73.5 Å². The number of nitrogens with zero attached hydrogens (tertiary/aromatic N) is 5. The molecule has 0 aliphatic carbocycles. The summed E-state index contributed by atoms with van der Waals surface area (Å²) in [5, 5.41) is 19.6. The maximum absolute atomic E-state index is 10.5. The zero-order valence-corrected chi connectivity index (χ0v) is 22.6. The Labute approximate surface area is 236 Å². The summed E-state index contributed by atoms with van der Waals surface area (Å²) in [7, 11) is 0. The molecule has 0 fully saturated rings. The summed E-state index contributed by atoms with van der Waals surface area (Å²) in [6.45, 7) is 3.98. The Kier molecular flexibility index (Phi) is 5.68. The second kappa shape index (κ2) is 9.39. The smallest absolute Gasteiger partial charge is 0.179 e. The van der Waals surface area contributed by atoms with Crippen LogP contribution in [0, 0.1) is 13.8 Å². The number of amidine groups is 2. The highest BCUT2D eigenvalue weighted by Crippen LogP contribution is 2.48. The minimum absolute atomic E-state index is 0.197. The SMILES string of the molecule is Cc1ccc(NC2=Nc3ccccc3N3C2=Nc2c(c(C)nn2-c2ccccc2)[C@@H]3c2cccc(O)c2)cc1Cl. The molecule has 7 nitrogen and oxygen atoms in total. The molecule has 8 heteroatoms. The lowest BCUT2D eigenvalue weighted by molar-refractivity contribution is 0.474. The Morgan fingerprint density at radius 3 is 2.45 bits per heavy atom. The second-order valence-electron chi connectivity index (χ2n) is 9.91. The van der Waals surface area contributed by atoms with Crippen molar-refractivity contribution < 1.29 is 5.11 Å². The fraction of sp³-hybridized carbons (Fsp3) is 0.0938. The van der Waals surface area contributed by atoms with Gasteiger partial charge in [-0.15, -0.1) is 0 Å². The molecule has 0 unspecified atom stereocenters. The van der Waals surface area contributed by atoms with Crippen LogP contribution in [-0.4, -0.2) is 26.6 Å². The number of para-hydroxylation sites is 3. The first kappa shape index (κ1) is 24.2. The quantitative estimate of drug-likeness (QED) is 0.244. The van der Waals surface area contributed by atoms with E-state index in [1.807, 2.05) is 103 Å². The third-order valence-electron chi connectivity index (χ3n) is 7.26. The van der Waals surface area contributed by atoms with E-state index < -0.39 is 0 Å². The number of hydrogen-bond donors (Lipinski definition) is 2. The highest BCUT2D eigenvalue weighted by Gasteiger charge is 2.41. The molecule has 1 atom stereocenters. The van der Waals surface area contributed by atoms with E-state index in [1.54, 1.807) is 12.1 Å². The number of aromatic hydroxyl groups is 1. The van der Waals surface area contributed by atoms with Gasteiger partial charge in [0, 0.05) is 16.3 Å². The van der Waals surface area contributed by atoms with Crippen LogP contribution in [0.4, 0.5) is 22.9 Å². The first-order chi connectivity index (χ1) is 19.5. The average Bonchev–Trinajstić information content (AvgIpc) is 3.30. The molecule has 0 amide bonds. The van der Waals surface area contributed by atoms with Crippen molar-refractivity contribution in [3.8, 4) is 11.4 Å². The van der Waals surface area contributed by atoms with Crippen LogP contribution >= 0.6 is 11.6 Å². The van der Waals surface area contributed by atoms with Crippen molar-refractivity contribution in [3.05, 3.63) is 124 Å². The van der Waals surface area contributed by atoms with E-state index in [-0.39, 0.29) is 11.8 Å². The minimum Gasteiger partial charge on any atom is -0.508 e. The number of aryl methyl sites for hydroxylation is 2. The molecule has 4 aromatic carbocycles. The van der Waals surface area contributed by atoms with Gasteiger partial charge in [-0.25, -0.2) is 14.7 Å². The molecule has 196 valence electrons. The number of hydrogen-bond acceptors (Lipinski definition) is 6. The Morgan fingerprint density at radius 2 is 1.65 bits per heavy atom. The molecule has 40 heavy (non-hydrogen) atoms. The van der Waals surface area contributed by atoms with Gasteiger partial charge in [-0.1, -0.05) is 60.1 Å². The lowest BCUT2D eigenvalue weighted by Crippen LogP contribution is -2.46. The van der Waals surface area contributed by atoms with Crippen LogP contribution in [0.2, 0.25) is 5.02 Å². The van der Waals surface area contributed by atoms with Crippen molar-refractivity contribution in [2.75, 3.05) is 10.2 Å². The van der Waals surface area contributed by atoms with Gasteiger partial charge in [0.05, 0.1) is 28.8 Å². The van der Waals surface area contributed by atoms with Crippen LogP contribution in [0.3, 0.4) is 0 Å². The average molecular weight is 545 g/mol. The normalized spacial score (nSPS) is 15.5. The number of phenols is 1. The molecule has 5 aromatic rings. The maximum atomic E-state index is 10.5. The first-order valence-corrected chi connectivity index (χ1v) is 13.4. The molecule has 0 spiro atoms. The largest absolute Gasteiger partial charge is 0.508 e. The van der Waals surface area contributed by atoms with Crippen LogP contribution in [0.1, 0.15) is 28.4 Å². The van der Waals surface area contributed by atoms with Crippen LogP contribution < -0.4 is 10.2 Å². The summed E-state index contributed by atoms with van der Waals surface area (Å²) in [6, 6.07) is 30.9. The van der Waals surface area contributed by atoms with E-state index in [2.05, 4.69) is 10.2 Å². The van der Waals surface area contributed by atoms with Gasteiger partial charge < -0.3 is 15.3 Å². The molecule has 2 aliphatic heterocycles. The van der Waals surface area contributed by atoms with Crippen LogP contribution in [0.25, 0.3) is 5.69 Å². The van der Waals surface area contributed by atoms with E-state index in [9.17, 15) is 5.11 Å². The lowest BCUT2D eigenvalue weighted by Gasteiger charge is -2.40. The maximum Gasteiger partial charge on any atom is 0.179 e. The zero-order chi connectivity index (χ0) is 27.4.